The normalized spacial score (nSPS) is 10.6. The maximum Gasteiger partial charge on any atom is 0.165 e. The maximum absolute atomic E-state index is 5.98. The van der Waals surface area contributed by atoms with Crippen molar-refractivity contribution in [2.24, 2.45) is 0 Å². The second-order valence-corrected chi connectivity index (χ2v) is 4.35. The van der Waals surface area contributed by atoms with E-state index in [1.54, 1.807) is 6.20 Å². The third-order valence-electron chi connectivity index (χ3n) is 2.55. The summed E-state index contributed by atoms with van der Waals surface area (Å²) in [6, 6.07) is 5.59. The van der Waals surface area contributed by atoms with Gasteiger partial charge < -0.3 is 10.1 Å². The average molecular weight is 266 g/mol. The summed E-state index contributed by atoms with van der Waals surface area (Å²) in [6.07, 6.45) is 3.58. The second-order valence-electron chi connectivity index (χ2n) is 3.92. The van der Waals surface area contributed by atoms with Crippen LogP contribution in [0.5, 0.6) is 11.5 Å². The van der Waals surface area contributed by atoms with Gasteiger partial charge in [0.2, 0.25) is 0 Å². The second kappa shape index (κ2) is 5.89. The zero-order valence-corrected chi connectivity index (χ0v) is 11.2. The molecule has 0 aliphatic heterocycles. The number of nitrogens with zero attached hydrogens (tertiary/aromatic N) is 2. The zero-order chi connectivity index (χ0) is 13.0. The number of rotatable bonds is 5. The smallest absolute Gasteiger partial charge is 0.165 e. The number of hydrogen-bond acceptors (Lipinski definition) is 3. The van der Waals surface area contributed by atoms with Crippen LogP contribution in [-0.2, 0) is 13.1 Å². The lowest BCUT2D eigenvalue weighted by Crippen LogP contribution is -2.06. The quantitative estimate of drug-likeness (QED) is 0.903. The van der Waals surface area contributed by atoms with Crippen LogP contribution in [0, 0.1) is 0 Å². The molecule has 2 rings (SSSR count). The van der Waals surface area contributed by atoms with E-state index in [9.17, 15) is 0 Å². The number of halogens is 1. The van der Waals surface area contributed by atoms with Gasteiger partial charge in [-0.25, -0.2) is 0 Å². The molecule has 5 heteroatoms. The first-order valence-corrected chi connectivity index (χ1v) is 6.24. The van der Waals surface area contributed by atoms with Gasteiger partial charge in [0.25, 0.3) is 0 Å². The third-order valence-corrected chi connectivity index (χ3v) is 2.79. The largest absolute Gasteiger partial charge is 0.454 e. The van der Waals surface area contributed by atoms with Crippen LogP contribution >= 0.6 is 11.6 Å². The standard InChI is InChI=1S/C13H16ClN3O/c1-3-17-9-12(8-16-17)18-13-5-4-11(14)6-10(13)7-15-2/h4-6,8-9,15H,3,7H2,1-2H3. The van der Waals surface area contributed by atoms with Crippen LogP contribution < -0.4 is 10.1 Å². The molecular formula is C13H16ClN3O. The lowest BCUT2D eigenvalue weighted by molar-refractivity contribution is 0.473. The molecule has 0 radical (unpaired) electrons. The molecule has 0 spiro atoms. The van der Waals surface area contributed by atoms with Gasteiger partial charge in [-0.05, 0) is 32.2 Å². The first kappa shape index (κ1) is 12.9. The van der Waals surface area contributed by atoms with Gasteiger partial charge in [-0.2, -0.15) is 5.10 Å². The summed E-state index contributed by atoms with van der Waals surface area (Å²) < 4.78 is 7.64. The number of nitrogens with one attached hydrogen (secondary N) is 1. The van der Waals surface area contributed by atoms with Gasteiger partial charge in [0.1, 0.15) is 5.75 Å². The van der Waals surface area contributed by atoms with Crippen molar-refractivity contribution in [1.29, 1.82) is 0 Å². The lowest BCUT2D eigenvalue weighted by atomic mass is 10.2. The van der Waals surface area contributed by atoms with Gasteiger partial charge >= 0.3 is 0 Å². The number of hydrogen-bond donors (Lipinski definition) is 1. The topological polar surface area (TPSA) is 39.1 Å². The first-order chi connectivity index (χ1) is 8.72. The van der Waals surface area contributed by atoms with E-state index in [0.717, 1.165) is 23.6 Å². The van der Waals surface area contributed by atoms with Crippen molar-refractivity contribution in [3.8, 4) is 11.5 Å². The molecule has 0 atom stereocenters. The van der Waals surface area contributed by atoms with Crippen LogP contribution in [-0.4, -0.2) is 16.8 Å². The molecule has 0 aliphatic rings. The van der Waals surface area contributed by atoms with Crippen LogP contribution in [0.25, 0.3) is 0 Å². The molecule has 18 heavy (non-hydrogen) atoms. The minimum atomic E-state index is 0.705. The Hall–Kier alpha value is -1.52. The number of aryl methyl sites for hydroxylation is 1. The monoisotopic (exact) mass is 265 g/mol. The third kappa shape index (κ3) is 3.03. The molecule has 2 aromatic rings. The Morgan fingerprint density at radius 3 is 2.94 bits per heavy atom. The summed E-state index contributed by atoms with van der Waals surface area (Å²) in [4.78, 5) is 0. The van der Waals surface area contributed by atoms with E-state index in [-0.39, 0.29) is 0 Å². The Bertz CT molecular complexity index is 525. The Morgan fingerprint density at radius 2 is 2.28 bits per heavy atom. The molecule has 96 valence electrons. The molecule has 0 fully saturated rings. The van der Waals surface area contributed by atoms with Gasteiger partial charge in [-0.15, -0.1) is 0 Å². The van der Waals surface area contributed by atoms with Gasteiger partial charge in [-0.1, -0.05) is 11.6 Å². The summed E-state index contributed by atoms with van der Waals surface area (Å²) in [5, 5.41) is 7.97. The average Bonchev–Trinajstić information content (AvgIpc) is 2.81. The molecule has 4 nitrogen and oxygen atoms in total. The van der Waals surface area contributed by atoms with Crippen molar-refractivity contribution in [3.63, 3.8) is 0 Å². The number of ether oxygens (including phenoxy) is 1. The SMILES string of the molecule is CCn1cc(Oc2ccc(Cl)cc2CNC)cn1. The van der Waals surface area contributed by atoms with Gasteiger partial charge in [0.15, 0.2) is 5.75 Å². The van der Waals surface area contributed by atoms with Gasteiger partial charge in [0, 0.05) is 23.7 Å². The van der Waals surface area contributed by atoms with Gasteiger partial charge in [0.05, 0.1) is 12.4 Å². The van der Waals surface area contributed by atoms with Crippen LogP contribution in [0.15, 0.2) is 30.6 Å². The number of benzene rings is 1. The van der Waals surface area contributed by atoms with Crippen LogP contribution in [0.4, 0.5) is 0 Å². The molecule has 0 saturated carbocycles. The lowest BCUT2D eigenvalue weighted by Gasteiger charge is -2.09. The Balaban J connectivity index is 2.22. The van der Waals surface area contributed by atoms with E-state index in [2.05, 4.69) is 10.4 Å². The highest BCUT2D eigenvalue weighted by molar-refractivity contribution is 6.30. The van der Waals surface area contributed by atoms with Gasteiger partial charge in [-0.3, -0.25) is 4.68 Å². The van der Waals surface area contributed by atoms with Crippen LogP contribution in [0.1, 0.15) is 12.5 Å². The minimum absolute atomic E-state index is 0.705. The molecule has 0 saturated heterocycles. The predicted molar refractivity (Wildman–Crippen MR) is 72.2 cm³/mol. The Kier molecular flexibility index (Phi) is 4.23. The van der Waals surface area contributed by atoms with E-state index in [1.165, 1.54) is 0 Å². The highest BCUT2D eigenvalue weighted by Gasteiger charge is 2.07. The molecule has 0 aliphatic carbocycles. The molecular weight excluding hydrogens is 250 g/mol. The van der Waals surface area contributed by atoms with Crippen molar-refractivity contribution < 1.29 is 4.74 Å². The predicted octanol–water partition coefficient (Wildman–Crippen LogP) is 3.07. The van der Waals surface area contributed by atoms with Crippen molar-refractivity contribution in [2.45, 2.75) is 20.0 Å². The van der Waals surface area contributed by atoms with Crippen molar-refractivity contribution in [1.82, 2.24) is 15.1 Å². The zero-order valence-electron chi connectivity index (χ0n) is 10.5. The molecule has 1 heterocycles. The highest BCUT2D eigenvalue weighted by atomic mass is 35.5. The fourth-order valence-corrected chi connectivity index (χ4v) is 1.87. The van der Waals surface area contributed by atoms with E-state index >= 15 is 0 Å². The summed E-state index contributed by atoms with van der Waals surface area (Å²) >= 11 is 5.98. The molecule has 0 amide bonds. The molecule has 1 aromatic carbocycles. The molecule has 1 N–H and O–H groups in total. The van der Waals surface area contributed by atoms with E-state index in [0.29, 0.717) is 11.6 Å². The van der Waals surface area contributed by atoms with E-state index in [4.69, 9.17) is 16.3 Å². The molecule has 1 aromatic heterocycles. The fraction of sp³-hybridized carbons (Fsp3) is 0.308. The summed E-state index contributed by atoms with van der Waals surface area (Å²) in [5.74, 6) is 1.53. The first-order valence-electron chi connectivity index (χ1n) is 5.86. The molecule has 0 bridgehead atoms. The number of aromatic nitrogens is 2. The highest BCUT2D eigenvalue weighted by Crippen LogP contribution is 2.27. The van der Waals surface area contributed by atoms with E-state index in [1.807, 2.05) is 43.0 Å². The summed E-state index contributed by atoms with van der Waals surface area (Å²) in [7, 11) is 1.89. The Labute approximate surface area is 112 Å². The van der Waals surface area contributed by atoms with E-state index < -0.39 is 0 Å². The van der Waals surface area contributed by atoms with Crippen molar-refractivity contribution >= 4 is 11.6 Å². The maximum atomic E-state index is 5.98. The van der Waals surface area contributed by atoms with Crippen LogP contribution in [0.2, 0.25) is 5.02 Å². The summed E-state index contributed by atoms with van der Waals surface area (Å²) in [6.45, 7) is 3.57. The fourth-order valence-electron chi connectivity index (χ4n) is 1.67. The van der Waals surface area contributed by atoms with Crippen LogP contribution in [0.3, 0.4) is 0 Å². The Morgan fingerprint density at radius 1 is 1.44 bits per heavy atom. The molecule has 0 unspecified atom stereocenters. The summed E-state index contributed by atoms with van der Waals surface area (Å²) in [5.41, 5.74) is 1.02. The minimum Gasteiger partial charge on any atom is -0.454 e. The van der Waals surface area contributed by atoms with Crippen molar-refractivity contribution in [2.75, 3.05) is 7.05 Å². The van der Waals surface area contributed by atoms with Crippen molar-refractivity contribution in [3.05, 3.63) is 41.2 Å².